The number of hydrogen-bond donors (Lipinski definition) is 1. The molecule has 0 amide bonds. The number of hydrogen-bond acceptors (Lipinski definition) is 2. The standard InChI is InChI=1S/C11H14O3S/c1-2-3-9-11(15(12,13)14)10-7-5-4-6-8-10/h3-9,11H,2H2,1H3,(H,12,13,14). The highest BCUT2D eigenvalue weighted by molar-refractivity contribution is 7.86. The van der Waals surface area contributed by atoms with Gasteiger partial charge in [0.15, 0.2) is 0 Å². The predicted octanol–water partition coefficient (Wildman–Crippen LogP) is 2.58. The smallest absolute Gasteiger partial charge is 0.275 e. The minimum absolute atomic E-state index is 0.574. The molecule has 82 valence electrons. The SMILES string of the molecule is CCC=CC(c1ccccc1)S(=O)(=O)O. The summed E-state index contributed by atoms with van der Waals surface area (Å²) in [6.45, 7) is 1.91. The lowest BCUT2D eigenvalue weighted by molar-refractivity contribution is 0.476. The van der Waals surface area contributed by atoms with Crippen LogP contribution in [0.4, 0.5) is 0 Å². The minimum atomic E-state index is -4.08. The fourth-order valence-electron chi connectivity index (χ4n) is 1.28. The third-order valence-electron chi connectivity index (χ3n) is 2.00. The Balaban J connectivity index is 3.08. The number of benzene rings is 1. The summed E-state index contributed by atoms with van der Waals surface area (Å²) in [6, 6.07) is 8.64. The van der Waals surface area contributed by atoms with E-state index >= 15 is 0 Å². The number of rotatable bonds is 4. The first kappa shape index (κ1) is 11.9. The van der Waals surface area contributed by atoms with Crippen LogP contribution in [0.15, 0.2) is 42.5 Å². The summed E-state index contributed by atoms with van der Waals surface area (Å²) < 4.78 is 31.4. The molecule has 15 heavy (non-hydrogen) atoms. The zero-order valence-electron chi connectivity index (χ0n) is 8.50. The van der Waals surface area contributed by atoms with Gasteiger partial charge in [-0.05, 0) is 12.0 Å². The Hall–Kier alpha value is -1.13. The molecule has 1 N–H and O–H groups in total. The van der Waals surface area contributed by atoms with Gasteiger partial charge in [0.05, 0.1) is 0 Å². The van der Waals surface area contributed by atoms with Gasteiger partial charge >= 0.3 is 0 Å². The Kier molecular flexibility index (Phi) is 4.05. The van der Waals surface area contributed by atoms with E-state index in [0.717, 1.165) is 6.42 Å². The van der Waals surface area contributed by atoms with E-state index < -0.39 is 15.4 Å². The van der Waals surface area contributed by atoms with Crippen molar-refractivity contribution in [1.29, 1.82) is 0 Å². The van der Waals surface area contributed by atoms with Crippen molar-refractivity contribution in [3.63, 3.8) is 0 Å². The van der Waals surface area contributed by atoms with Crippen LogP contribution in [0, 0.1) is 0 Å². The van der Waals surface area contributed by atoms with Gasteiger partial charge in [0.25, 0.3) is 10.1 Å². The molecule has 0 saturated carbocycles. The van der Waals surface area contributed by atoms with Gasteiger partial charge in [0.2, 0.25) is 0 Å². The summed E-state index contributed by atoms with van der Waals surface area (Å²) in [7, 11) is -4.08. The van der Waals surface area contributed by atoms with E-state index in [9.17, 15) is 8.42 Å². The van der Waals surface area contributed by atoms with Crippen molar-refractivity contribution < 1.29 is 13.0 Å². The second-order valence-electron chi connectivity index (χ2n) is 3.18. The van der Waals surface area contributed by atoms with Crippen molar-refractivity contribution >= 4 is 10.1 Å². The minimum Gasteiger partial charge on any atom is -0.285 e. The van der Waals surface area contributed by atoms with Gasteiger partial charge in [0, 0.05) is 0 Å². The van der Waals surface area contributed by atoms with Crippen LogP contribution >= 0.6 is 0 Å². The molecule has 0 aliphatic heterocycles. The van der Waals surface area contributed by atoms with Gasteiger partial charge in [-0.25, -0.2) is 0 Å². The highest BCUT2D eigenvalue weighted by atomic mass is 32.2. The van der Waals surface area contributed by atoms with Gasteiger partial charge in [-0.2, -0.15) is 8.42 Å². The molecule has 0 heterocycles. The van der Waals surface area contributed by atoms with Crippen LogP contribution in [0.5, 0.6) is 0 Å². The zero-order valence-corrected chi connectivity index (χ0v) is 9.31. The highest BCUT2D eigenvalue weighted by Gasteiger charge is 2.21. The highest BCUT2D eigenvalue weighted by Crippen LogP contribution is 2.22. The predicted molar refractivity (Wildman–Crippen MR) is 60.2 cm³/mol. The maximum atomic E-state index is 11.1. The molecule has 0 aromatic heterocycles. The van der Waals surface area contributed by atoms with Crippen LogP contribution in [-0.4, -0.2) is 13.0 Å². The first-order valence-electron chi connectivity index (χ1n) is 4.73. The second kappa shape index (κ2) is 5.09. The average molecular weight is 226 g/mol. The van der Waals surface area contributed by atoms with Crippen LogP contribution < -0.4 is 0 Å². The third kappa shape index (κ3) is 3.49. The molecule has 4 heteroatoms. The maximum Gasteiger partial charge on any atom is 0.275 e. The zero-order chi connectivity index (χ0) is 11.3. The first-order chi connectivity index (χ1) is 7.05. The van der Waals surface area contributed by atoms with Crippen molar-refractivity contribution in [2.24, 2.45) is 0 Å². The van der Waals surface area contributed by atoms with Crippen LogP contribution in [0.3, 0.4) is 0 Å². The molecule has 1 unspecified atom stereocenters. The van der Waals surface area contributed by atoms with Crippen molar-refractivity contribution in [2.75, 3.05) is 0 Å². The maximum absolute atomic E-state index is 11.1. The monoisotopic (exact) mass is 226 g/mol. The molecule has 1 aromatic carbocycles. The topological polar surface area (TPSA) is 54.4 Å². The molecule has 0 spiro atoms. The van der Waals surface area contributed by atoms with Gasteiger partial charge in [0.1, 0.15) is 5.25 Å². The van der Waals surface area contributed by atoms with Crippen molar-refractivity contribution in [3.05, 3.63) is 48.0 Å². The van der Waals surface area contributed by atoms with Crippen molar-refractivity contribution in [3.8, 4) is 0 Å². The lowest BCUT2D eigenvalue weighted by atomic mass is 10.1. The van der Waals surface area contributed by atoms with E-state index in [0.29, 0.717) is 5.56 Å². The summed E-state index contributed by atoms with van der Waals surface area (Å²) in [5.74, 6) is 0. The van der Waals surface area contributed by atoms with E-state index in [-0.39, 0.29) is 0 Å². The van der Waals surface area contributed by atoms with E-state index in [1.165, 1.54) is 6.08 Å². The van der Waals surface area contributed by atoms with Crippen molar-refractivity contribution in [1.82, 2.24) is 0 Å². The molecule has 0 fully saturated rings. The van der Waals surface area contributed by atoms with Crippen LogP contribution in [0.1, 0.15) is 24.2 Å². The molecule has 1 atom stereocenters. The van der Waals surface area contributed by atoms with Gasteiger partial charge in [-0.1, -0.05) is 49.4 Å². The van der Waals surface area contributed by atoms with E-state index in [4.69, 9.17) is 4.55 Å². The van der Waals surface area contributed by atoms with E-state index in [1.54, 1.807) is 36.4 Å². The summed E-state index contributed by atoms with van der Waals surface area (Å²) in [4.78, 5) is 0. The average Bonchev–Trinajstić information content (AvgIpc) is 2.18. The van der Waals surface area contributed by atoms with Crippen LogP contribution in [-0.2, 0) is 10.1 Å². The Labute approximate surface area is 90.2 Å². The summed E-state index contributed by atoms with van der Waals surface area (Å²) in [5.41, 5.74) is 0.574. The van der Waals surface area contributed by atoms with Gasteiger partial charge in [-0.3, -0.25) is 4.55 Å². The molecule has 1 aromatic rings. The summed E-state index contributed by atoms with van der Waals surface area (Å²) in [5, 5.41) is -0.960. The quantitative estimate of drug-likeness (QED) is 0.634. The first-order valence-corrected chi connectivity index (χ1v) is 6.24. The molecule has 1 rings (SSSR count). The van der Waals surface area contributed by atoms with Gasteiger partial charge < -0.3 is 0 Å². The van der Waals surface area contributed by atoms with E-state index in [1.807, 2.05) is 6.92 Å². The summed E-state index contributed by atoms with van der Waals surface area (Å²) in [6.07, 6.45) is 3.97. The Morgan fingerprint density at radius 3 is 2.40 bits per heavy atom. The Morgan fingerprint density at radius 2 is 1.93 bits per heavy atom. The lowest BCUT2D eigenvalue weighted by Gasteiger charge is -2.09. The molecular weight excluding hydrogens is 212 g/mol. The molecule has 0 saturated heterocycles. The lowest BCUT2D eigenvalue weighted by Crippen LogP contribution is -2.09. The Morgan fingerprint density at radius 1 is 1.33 bits per heavy atom. The van der Waals surface area contributed by atoms with Gasteiger partial charge in [-0.15, -0.1) is 0 Å². The Bertz CT molecular complexity index is 420. The fraction of sp³-hybridized carbons (Fsp3) is 0.273. The molecule has 3 nitrogen and oxygen atoms in total. The second-order valence-corrected chi connectivity index (χ2v) is 4.72. The molecule has 0 aliphatic carbocycles. The summed E-state index contributed by atoms with van der Waals surface area (Å²) >= 11 is 0. The molecule has 0 aliphatic rings. The van der Waals surface area contributed by atoms with Crippen LogP contribution in [0.2, 0.25) is 0 Å². The van der Waals surface area contributed by atoms with Crippen LogP contribution in [0.25, 0.3) is 0 Å². The number of allylic oxidation sites excluding steroid dienone is 1. The van der Waals surface area contributed by atoms with E-state index in [2.05, 4.69) is 0 Å². The third-order valence-corrected chi connectivity index (χ3v) is 3.07. The van der Waals surface area contributed by atoms with Crippen molar-refractivity contribution in [2.45, 2.75) is 18.6 Å². The largest absolute Gasteiger partial charge is 0.285 e. The normalized spacial score (nSPS) is 14.3. The molecular formula is C11H14O3S. The molecule has 0 bridgehead atoms. The fourth-order valence-corrected chi connectivity index (χ4v) is 2.10. The molecule has 0 radical (unpaired) electrons.